The van der Waals surface area contributed by atoms with E-state index in [9.17, 15) is 9.59 Å². The summed E-state index contributed by atoms with van der Waals surface area (Å²) in [5, 5.41) is 6.32. The number of rotatable bonds is 7. The number of imidazole rings is 1. The summed E-state index contributed by atoms with van der Waals surface area (Å²) in [4.78, 5) is 32.9. The number of carbonyl (C=O) groups is 2. The van der Waals surface area contributed by atoms with Crippen LogP contribution in [0.3, 0.4) is 0 Å². The maximum atomic E-state index is 12.7. The van der Waals surface area contributed by atoms with Gasteiger partial charge in [0.1, 0.15) is 5.75 Å². The molecule has 3 N–H and O–H groups in total. The predicted molar refractivity (Wildman–Crippen MR) is 123 cm³/mol. The number of hydrogen-bond donors (Lipinski definition) is 3. The van der Waals surface area contributed by atoms with E-state index in [2.05, 4.69) is 20.6 Å². The first-order valence-electron chi connectivity index (χ1n) is 9.54. The van der Waals surface area contributed by atoms with E-state index >= 15 is 0 Å². The van der Waals surface area contributed by atoms with Crippen molar-refractivity contribution >= 4 is 46.0 Å². The third-order valence-electron chi connectivity index (χ3n) is 4.50. The Bertz CT molecular complexity index is 1190. The van der Waals surface area contributed by atoms with Gasteiger partial charge in [-0.05, 0) is 48.5 Å². The topological polar surface area (TPSA) is 96.1 Å². The Hall–Kier alpha value is -3.78. The van der Waals surface area contributed by atoms with Gasteiger partial charge < -0.3 is 20.4 Å². The molecule has 0 spiro atoms. The first kappa shape index (κ1) is 20.5. The second-order valence-electron chi connectivity index (χ2n) is 6.62. The lowest BCUT2D eigenvalue weighted by atomic mass is 10.1. The van der Waals surface area contributed by atoms with Gasteiger partial charge in [0.2, 0.25) is 5.91 Å². The number of para-hydroxylation sites is 3. The summed E-state index contributed by atoms with van der Waals surface area (Å²) in [5.41, 5.74) is 3.23. The van der Waals surface area contributed by atoms with E-state index in [1.54, 1.807) is 55.6 Å². The molecule has 0 aliphatic rings. The number of benzene rings is 3. The third kappa shape index (κ3) is 5.04. The number of methoxy groups -OCH3 is 1. The molecular weight excluding hydrogens is 412 g/mol. The highest BCUT2D eigenvalue weighted by Crippen LogP contribution is 2.22. The van der Waals surface area contributed by atoms with E-state index < -0.39 is 0 Å². The van der Waals surface area contributed by atoms with E-state index in [0.717, 1.165) is 11.0 Å². The van der Waals surface area contributed by atoms with Gasteiger partial charge in [-0.25, -0.2) is 4.98 Å². The van der Waals surface area contributed by atoms with Gasteiger partial charge >= 0.3 is 0 Å². The first-order valence-corrected chi connectivity index (χ1v) is 10.5. The molecule has 2 amide bonds. The molecule has 4 rings (SSSR count). The van der Waals surface area contributed by atoms with Crippen LogP contribution in [-0.2, 0) is 4.79 Å². The van der Waals surface area contributed by atoms with Crippen LogP contribution in [0.1, 0.15) is 10.4 Å². The minimum Gasteiger partial charge on any atom is -0.497 e. The van der Waals surface area contributed by atoms with E-state index in [-0.39, 0.29) is 17.6 Å². The summed E-state index contributed by atoms with van der Waals surface area (Å²) in [7, 11) is 1.58. The Morgan fingerprint density at radius 2 is 1.71 bits per heavy atom. The third-order valence-corrected chi connectivity index (χ3v) is 5.37. The van der Waals surface area contributed by atoms with Gasteiger partial charge in [0, 0.05) is 5.69 Å². The summed E-state index contributed by atoms with van der Waals surface area (Å²) in [6.07, 6.45) is 0. The number of aromatic amines is 1. The van der Waals surface area contributed by atoms with Gasteiger partial charge in [-0.3, -0.25) is 9.59 Å². The van der Waals surface area contributed by atoms with Crippen molar-refractivity contribution in [1.82, 2.24) is 9.97 Å². The van der Waals surface area contributed by atoms with E-state index in [1.807, 2.05) is 24.3 Å². The van der Waals surface area contributed by atoms with Gasteiger partial charge in [-0.2, -0.15) is 0 Å². The van der Waals surface area contributed by atoms with E-state index in [1.165, 1.54) is 11.8 Å². The van der Waals surface area contributed by atoms with E-state index in [0.29, 0.717) is 27.8 Å². The van der Waals surface area contributed by atoms with Gasteiger partial charge in [0.25, 0.3) is 5.91 Å². The number of H-pyrrole nitrogens is 1. The molecule has 0 fully saturated rings. The second-order valence-corrected chi connectivity index (χ2v) is 7.59. The largest absolute Gasteiger partial charge is 0.497 e. The molecular formula is C23H20N4O3S. The molecule has 0 aliphatic heterocycles. The predicted octanol–water partition coefficient (Wildman–Crippen LogP) is 4.55. The summed E-state index contributed by atoms with van der Waals surface area (Å²) in [5.74, 6) is 0.322. The lowest BCUT2D eigenvalue weighted by molar-refractivity contribution is -0.113. The average molecular weight is 433 g/mol. The zero-order valence-corrected chi connectivity index (χ0v) is 17.5. The average Bonchev–Trinajstić information content (AvgIpc) is 3.22. The number of amides is 2. The summed E-state index contributed by atoms with van der Waals surface area (Å²) >= 11 is 1.30. The molecule has 31 heavy (non-hydrogen) atoms. The van der Waals surface area contributed by atoms with Crippen molar-refractivity contribution in [2.75, 3.05) is 23.5 Å². The van der Waals surface area contributed by atoms with E-state index in [4.69, 9.17) is 4.74 Å². The summed E-state index contributed by atoms with van der Waals surface area (Å²) in [6.45, 7) is 0. The number of ether oxygens (including phenoxy) is 1. The van der Waals surface area contributed by atoms with Gasteiger partial charge in [-0.1, -0.05) is 36.0 Å². The number of fused-ring (bicyclic) bond motifs is 1. The molecule has 8 heteroatoms. The number of aromatic nitrogens is 2. The number of nitrogens with zero attached hydrogens (tertiary/aromatic N) is 1. The Kier molecular flexibility index (Phi) is 6.18. The zero-order valence-electron chi connectivity index (χ0n) is 16.7. The Morgan fingerprint density at radius 1 is 0.968 bits per heavy atom. The van der Waals surface area contributed by atoms with Crippen molar-refractivity contribution in [1.29, 1.82) is 0 Å². The minimum atomic E-state index is -0.314. The Morgan fingerprint density at radius 3 is 2.48 bits per heavy atom. The molecule has 0 unspecified atom stereocenters. The number of hydrogen-bond acceptors (Lipinski definition) is 5. The van der Waals surface area contributed by atoms with Gasteiger partial charge in [-0.15, -0.1) is 0 Å². The fourth-order valence-electron chi connectivity index (χ4n) is 2.98. The Labute approximate surface area is 183 Å². The lowest BCUT2D eigenvalue weighted by Gasteiger charge is -2.11. The van der Waals surface area contributed by atoms with Crippen LogP contribution in [-0.4, -0.2) is 34.6 Å². The van der Waals surface area contributed by atoms with Crippen molar-refractivity contribution in [2.24, 2.45) is 0 Å². The molecule has 0 saturated carbocycles. The SMILES string of the molecule is COc1ccc(NC(=O)c2ccccc2NC(=O)CSc2nc3ccccc3[nH]2)cc1. The van der Waals surface area contributed by atoms with Gasteiger partial charge in [0.05, 0.1) is 35.1 Å². The molecule has 7 nitrogen and oxygen atoms in total. The van der Waals surface area contributed by atoms with Crippen LogP contribution in [0.4, 0.5) is 11.4 Å². The van der Waals surface area contributed by atoms with Gasteiger partial charge in [0.15, 0.2) is 5.16 Å². The second kappa shape index (κ2) is 9.36. The quantitative estimate of drug-likeness (QED) is 0.372. The van der Waals surface area contributed by atoms with Crippen LogP contribution in [0.25, 0.3) is 11.0 Å². The fourth-order valence-corrected chi connectivity index (χ4v) is 3.67. The van der Waals surface area contributed by atoms with Crippen LogP contribution in [0.15, 0.2) is 78.0 Å². The maximum absolute atomic E-state index is 12.7. The zero-order chi connectivity index (χ0) is 21.6. The van der Waals surface area contributed by atoms with Crippen LogP contribution < -0.4 is 15.4 Å². The molecule has 1 heterocycles. The molecule has 4 aromatic rings. The van der Waals surface area contributed by atoms with Crippen LogP contribution in [0.2, 0.25) is 0 Å². The molecule has 0 radical (unpaired) electrons. The molecule has 0 atom stereocenters. The van der Waals surface area contributed by atoms with Crippen molar-refractivity contribution in [3.63, 3.8) is 0 Å². The number of thioether (sulfide) groups is 1. The van der Waals surface area contributed by atoms with Crippen LogP contribution in [0.5, 0.6) is 5.75 Å². The standard InChI is InChI=1S/C23H20N4O3S/c1-30-16-12-10-15(11-13-16)24-22(29)17-6-2-3-7-18(17)25-21(28)14-31-23-26-19-8-4-5-9-20(19)27-23/h2-13H,14H2,1H3,(H,24,29)(H,25,28)(H,26,27). The minimum absolute atomic E-state index is 0.161. The highest BCUT2D eigenvalue weighted by Gasteiger charge is 2.14. The summed E-state index contributed by atoms with van der Waals surface area (Å²) in [6, 6.07) is 21.6. The monoisotopic (exact) mass is 432 g/mol. The molecule has 0 aliphatic carbocycles. The molecule has 3 aromatic carbocycles. The molecule has 0 bridgehead atoms. The number of carbonyl (C=O) groups excluding carboxylic acids is 2. The number of anilines is 2. The Balaban J connectivity index is 1.39. The molecule has 1 aromatic heterocycles. The van der Waals surface area contributed by atoms with Crippen LogP contribution >= 0.6 is 11.8 Å². The van der Waals surface area contributed by atoms with Crippen molar-refractivity contribution in [2.45, 2.75) is 5.16 Å². The molecule has 0 saturated heterocycles. The van der Waals surface area contributed by atoms with Crippen LogP contribution in [0, 0.1) is 0 Å². The normalized spacial score (nSPS) is 10.6. The molecule has 156 valence electrons. The first-order chi connectivity index (χ1) is 15.1. The fraction of sp³-hybridized carbons (Fsp3) is 0.0870. The smallest absolute Gasteiger partial charge is 0.257 e. The maximum Gasteiger partial charge on any atom is 0.257 e. The number of nitrogens with one attached hydrogen (secondary N) is 3. The van der Waals surface area contributed by atoms with Crippen molar-refractivity contribution in [3.05, 3.63) is 78.4 Å². The van der Waals surface area contributed by atoms with Crippen molar-refractivity contribution in [3.8, 4) is 5.75 Å². The highest BCUT2D eigenvalue weighted by molar-refractivity contribution is 7.99. The summed E-state index contributed by atoms with van der Waals surface area (Å²) < 4.78 is 5.12. The highest BCUT2D eigenvalue weighted by atomic mass is 32.2. The lowest BCUT2D eigenvalue weighted by Crippen LogP contribution is -2.19. The van der Waals surface area contributed by atoms with Crippen molar-refractivity contribution < 1.29 is 14.3 Å².